The summed E-state index contributed by atoms with van der Waals surface area (Å²) < 4.78 is 18.3. The summed E-state index contributed by atoms with van der Waals surface area (Å²) in [5.41, 5.74) is 1.81. The highest BCUT2D eigenvalue weighted by molar-refractivity contribution is 5.89. The second kappa shape index (κ2) is 9.58. The lowest BCUT2D eigenvalue weighted by Crippen LogP contribution is -2.30. The molecule has 0 aromatic heterocycles. The maximum atomic E-state index is 12.7. The van der Waals surface area contributed by atoms with Crippen molar-refractivity contribution >= 4 is 11.7 Å². The molecule has 0 fully saturated rings. The minimum atomic E-state index is -0.330. The maximum Gasteiger partial charge on any atom is 0.319 e. The van der Waals surface area contributed by atoms with Crippen molar-refractivity contribution in [3.8, 4) is 0 Å². The van der Waals surface area contributed by atoms with Crippen molar-refractivity contribution in [3.63, 3.8) is 0 Å². The number of urea groups is 1. The second-order valence-electron chi connectivity index (χ2n) is 5.09. The van der Waals surface area contributed by atoms with Gasteiger partial charge in [0.25, 0.3) is 0 Å². The number of carbonyl (C=O) groups excluding carboxylic acids is 1. The Morgan fingerprint density at radius 3 is 2.48 bits per heavy atom. The number of anilines is 1. The van der Waals surface area contributed by atoms with Gasteiger partial charge in [0, 0.05) is 18.8 Å². The van der Waals surface area contributed by atoms with Gasteiger partial charge in [0.2, 0.25) is 0 Å². The van der Waals surface area contributed by atoms with Gasteiger partial charge in [-0.1, -0.05) is 30.3 Å². The number of nitrogens with one attached hydrogen (secondary N) is 2. The van der Waals surface area contributed by atoms with Crippen LogP contribution in [-0.2, 0) is 11.2 Å². The van der Waals surface area contributed by atoms with E-state index in [9.17, 15) is 9.18 Å². The molecule has 4 nitrogen and oxygen atoms in total. The molecule has 0 aliphatic rings. The summed E-state index contributed by atoms with van der Waals surface area (Å²) in [5, 5.41) is 5.37. The Hall–Kier alpha value is -2.40. The van der Waals surface area contributed by atoms with Crippen molar-refractivity contribution in [2.24, 2.45) is 0 Å². The van der Waals surface area contributed by atoms with E-state index in [1.165, 1.54) is 29.8 Å². The van der Waals surface area contributed by atoms with Crippen molar-refractivity contribution in [2.45, 2.75) is 12.8 Å². The fourth-order valence-electron chi connectivity index (χ4n) is 2.02. The van der Waals surface area contributed by atoms with Crippen LogP contribution < -0.4 is 10.6 Å². The van der Waals surface area contributed by atoms with E-state index in [1.807, 2.05) is 18.2 Å². The highest BCUT2D eigenvalue weighted by Crippen LogP contribution is 2.07. The van der Waals surface area contributed by atoms with E-state index in [2.05, 4.69) is 22.8 Å². The Morgan fingerprint density at radius 1 is 1.00 bits per heavy atom. The van der Waals surface area contributed by atoms with Gasteiger partial charge < -0.3 is 15.4 Å². The molecule has 2 aromatic carbocycles. The summed E-state index contributed by atoms with van der Waals surface area (Å²) in [6.45, 7) is 1.80. The number of carbonyl (C=O) groups is 1. The lowest BCUT2D eigenvalue weighted by atomic mass is 10.2. The van der Waals surface area contributed by atoms with Gasteiger partial charge in [0.15, 0.2) is 0 Å². The summed E-state index contributed by atoms with van der Waals surface area (Å²) >= 11 is 0. The zero-order chi connectivity index (χ0) is 16.3. The van der Waals surface area contributed by atoms with Crippen LogP contribution in [0, 0.1) is 5.82 Å². The molecular weight excluding hydrogens is 295 g/mol. The first-order chi connectivity index (χ1) is 11.2. The van der Waals surface area contributed by atoms with Crippen molar-refractivity contribution in [2.75, 3.05) is 25.1 Å². The van der Waals surface area contributed by atoms with Crippen LogP contribution in [0.4, 0.5) is 14.9 Å². The van der Waals surface area contributed by atoms with Gasteiger partial charge in [0.1, 0.15) is 5.82 Å². The number of halogens is 1. The number of rotatable bonds is 8. The average molecular weight is 316 g/mol. The van der Waals surface area contributed by atoms with E-state index >= 15 is 0 Å². The molecule has 5 heteroatoms. The van der Waals surface area contributed by atoms with Crippen LogP contribution >= 0.6 is 0 Å². The first-order valence-electron chi connectivity index (χ1n) is 7.66. The monoisotopic (exact) mass is 316 g/mol. The smallest absolute Gasteiger partial charge is 0.319 e. The maximum absolute atomic E-state index is 12.7. The summed E-state index contributed by atoms with van der Waals surface area (Å²) in [5.74, 6) is -0.330. The van der Waals surface area contributed by atoms with E-state index in [0.29, 0.717) is 25.4 Å². The molecular formula is C18H21FN2O2. The Kier molecular flexibility index (Phi) is 7.07. The molecule has 23 heavy (non-hydrogen) atoms. The number of hydrogen-bond donors (Lipinski definition) is 2. The van der Waals surface area contributed by atoms with Crippen molar-refractivity contribution in [1.29, 1.82) is 0 Å². The molecule has 0 spiro atoms. The lowest BCUT2D eigenvalue weighted by molar-refractivity contribution is 0.135. The van der Waals surface area contributed by atoms with Crippen LogP contribution in [0.1, 0.15) is 12.0 Å². The van der Waals surface area contributed by atoms with Crippen molar-refractivity contribution in [3.05, 3.63) is 66.0 Å². The molecule has 0 aliphatic carbocycles. The third-order valence-corrected chi connectivity index (χ3v) is 3.23. The Balaban J connectivity index is 1.50. The number of hydrogen-bond acceptors (Lipinski definition) is 2. The Labute approximate surface area is 135 Å². The van der Waals surface area contributed by atoms with Crippen LogP contribution in [0.25, 0.3) is 0 Å². The summed E-state index contributed by atoms with van der Waals surface area (Å²) in [7, 11) is 0. The fourth-order valence-corrected chi connectivity index (χ4v) is 2.02. The normalized spacial score (nSPS) is 10.3. The largest absolute Gasteiger partial charge is 0.381 e. The number of benzene rings is 2. The van der Waals surface area contributed by atoms with Gasteiger partial charge in [-0.3, -0.25) is 0 Å². The van der Waals surface area contributed by atoms with E-state index < -0.39 is 0 Å². The summed E-state index contributed by atoms with van der Waals surface area (Å²) in [6.07, 6.45) is 1.63. The predicted molar refractivity (Wildman–Crippen MR) is 89.0 cm³/mol. The number of ether oxygens (including phenoxy) is 1. The van der Waals surface area contributed by atoms with Crippen LogP contribution in [0.3, 0.4) is 0 Å². The van der Waals surface area contributed by atoms with Crippen LogP contribution in [0.5, 0.6) is 0 Å². The van der Waals surface area contributed by atoms with Crippen LogP contribution in [-0.4, -0.2) is 25.8 Å². The minimum absolute atomic E-state index is 0.305. The molecule has 0 saturated heterocycles. The Bertz CT molecular complexity index is 588. The first-order valence-corrected chi connectivity index (χ1v) is 7.66. The minimum Gasteiger partial charge on any atom is -0.381 e. The number of amides is 2. The fraction of sp³-hybridized carbons (Fsp3) is 0.278. The molecule has 0 unspecified atom stereocenters. The summed E-state index contributed by atoms with van der Waals surface area (Å²) in [4.78, 5) is 11.6. The topological polar surface area (TPSA) is 50.4 Å². The molecule has 0 saturated carbocycles. The summed E-state index contributed by atoms with van der Waals surface area (Å²) in [6, 6.07) is 15.5. The van der Waals surface area contributed by atoms with Crippen LogP contribution in [0.15, 0.2) is 54.6 Å². The Morgan fingerprint density at radius 2 is 1.74 bits per heavy atom. The first kappa shape index (κ1) is 17.0. The third kappa shape index (κ3) is 6.93. The lowest BCUT2D eigenvalue weighted by Gasteiger charge is -2.08. The standard InChI is InChI=1S/C18H21FN2O2/c19-16-7-9-17(10-8-16)21-18(22)20-12-4-13-23-14-11-15-5-2-1-3-6-15/h1-3,5-10H,4,11-14H2,(H2,20,21,22). The van der Waals surface area contributed by atoms with Crippen LogP contribution in [0.2, 0.25) is 0 Å². The van der Waals surface area contributed by atoms with E-state index in [4.69, 9.17) is 4.74 Å². The van der Waals surface area contributed by atoms with Gasteiger partial charge in [-0.25, -0.2) is 9.18 Å². The van der Waals surface area contributed by atoms with Crippen molar-refractivity contribution in [1.82, 2.24) is 5.32 Å². The second-order valence-corrected chi connectivity index (χ2v) is 5.09. The quantitative estimate of drug-likeness (QED) is 0.731. The van der Waals surface area contributed by atoms with Gasteiger partial charge >= 0.3 is 6.03 Å². The zero-order valence-electron chi connectivity index (χ0n) is 12.9. The predicted octanol–water partition coefficient (Wildman–Crippen LogP) is 3.60. The van der Waals surface area contributed by atoms with E-state index in [1.54, 1.807) is 0 Å². The molecule has 2 aromatic rings. The third-order valence-electron chi connectivity index (χ3n) is 3.23. The zero-order valence-corrected chi connectivity index (χ0v) is 12.9. The highest BCUT2D eigenvalue weighted by atomic mass is 19.1. The van der Waals surface area contributed by atoms with E-state index in [-0.39, 0.29) is 11.8 Å². The SMILES string of the molecule is O=C(NCCCOCCc1ccccc1)Nc1ccc(F)cc1. The van der Waals surface area contributed by atoms with Gasteiger partial charge in [-0.2, -0.15) is 0 Å². The van der Waals surface area contributed by atoms with Gasteiger partial charge in [-0.15, -0.1) is 0 Å². The van der Waals surface area contributed by atoms with Gasteiger partial charge in [0.05, 0.1) is 6.61 Å². The average Bonchev–Trinajstić information content (AvgIpc) is 2.57. The van der Waals surface area contributed by atoms with Gasteiger partial charge in [-0.05, 0) is 42.7 Å². The molecule has 0 heterocycles. The molecule has 2 N–H and O–H groups in total. The molecule has 0 bridgehead atoms. The highest BCUT2D eigenvalue weighted by Gasteiger charge is 2.01. The molecule has 0 radical (unpaired) electrons. The molecule has 122 valence electrons. The van der Waals surface area contributed by atoms with Crippen molar-refractivity contribution < 1.29 is 13.9 Å². The molecule has 0 atom stereocenters. The molecule has 2 amide bonds. The molecule has 2 rings (SSSR count). The molecule has 0 aliphatic heterocycles. The van der Waals surface area contributed by atoms with E-state index in [0.717, 1.165) is 12.8 Å².